The first-order chi connectivity index (χ1) is 24.4. The lowest BCUT2D eigenvalue weighted by molar-refractivity contribution is -0.384. The first-order valence-electron chi connectivity index (χ1n) is 16.0. The molecule has 6 rings (SSSR count). The van der Waals surface area contributed by atoms with Crippen molar-refractivity contribution in [3.8, 4) is 5.69 Å². The van der Waals surface area contributed by atoms with Gasteiger partial charge in [-0.3, -0.25) is 34.5 Å². The van der Waals surface area contributed by atoms with Crippen molar-refractivity contribution < 1.29 is 24.0 Å². The van der Waals surface area contributed by atoms with Crippen molar-refractivity contribution in [1.82, 2.24) is 29.5 Å². The molecule has 18 heteroatoms. The summed E-state index contributed by atoms with van der Waals surface area (Å²) in [6.45, 7) is 4.32. The van der Waals surface area contributed by atoms with E-state index >= 15 is 0 Å². The molecular formula is C33H34Br2N10O6. The topological polar surface area (TPSA) is 190 Å². The molecule has 0 aliphatic carbocycles. The first kappa shape index (κ1) is 35.9. The van der Waals surface area contributed by atoms with Crippen molar-refractivity contribution in [2.75, 3.05) is 42.6 Å². The Labute approximate surface area is 309 Å². The van der Waals surface area contributed by atoms with Crippen LogP contribution in [0.25, 0.3) is 5.69 Å². The van der Waals surface area contributed by atoms with E-state index in [1.165, 1.54) is 23.2 Å². The quantitative estimate of drug-likeness (QED) is 0.157. The molecule has 0 spiro atoms. The lowest BCUT2D eigenvalue weighted by atomic mass is 10.1. The molecule has 0 saturated carbocycles. The van der Waals surface area contributed by atoms with Gasteiger partial charge in [-0.05, 0) is 60.5 Å². The van der Waals surface area contributed by atoms with Crippen LogP contribution in [0.5, 0.6) is 0 Å². The number of carbonyl (C=O) groups is 3. The van der Waals surface area contributed by atoms with E-state index in [2.05, 4.69) is 62.9 Å². The molecule has 0 unspecified atom stereocenters. The molecular weight excluding hydrogens is 792 g/mol. The molecule has 266 valence electrons. The number of nitro groups is 1. The number of nitrogens with one attached hydrogen (secondary N) is 3. The van der Waals surface area contributed by atoms with Crippen LogP contribution in [0.2, 0.25) is 0 Å². The number of pyridine rings is 2. The molecule has 16 nitrogen and oxygen atoms in total. The molecule has 0 radical (unpaired) electrons. The summed E-state index contributed by atoms with van der Waals surface area (Å²) in [5, 5.41) is 25.8. The van der Waals surface area contributed by atoms with Crippen molar-refractivity contribution in [2.45, 2.75) is 44.6 Å². The minimum absolute atomic E-state index is 0.00439. The molecule has 4 atom stereocenters. The highest BCUT2D eigenvalue weighted by Gasteiger charge is 2.42. The second-order valence-corrected chi connectivity index (χ2v) is 14.1. The number of nitro benzene ring substituents is 1. The predicted octanol–water partition coefficient (Wildman–Crippen LogP) is 4.72. The van der Waals surface area contributed by atoms with Crippen LogP contribution >= 0.6 is 31.9 Å². The zero-order valence-electron chi connectivity index (χ0n) is 27.7. The van der Waals surface area contributed by atoms with Gasteiger partial charge in [-0.15, -0.1) is 5.10 Å². The van der Waals surface area contributed by atoms with Crippen LogP contribution in [0.1, 0.15) is 41.0 Å². The molecule has 0 bridgehead atoms. The Hall–Kier alpha value is -4.94. The van der Waals surface area contributed by atoms with E-state index in [0.717, 1.165) is 0 Å². The minimum atomic E-state index is -1.03. The lowest BCUT2D eigenvalue weighted by Gasteiger charge is -2.35. The average molecular weight is 827 g/mol. The summed E-state index contributed by atoms with van der Waals surface area (Å²) < 4.78 is 8.19. The number of hydrogen-bond donors (Lipinski definition) is 3. The summed E-state index contributed by atoms with van der Waals surface area (Å²) in [4.78, 5) is 65.1. The maximum absolute atomic E-state index is 14.0. The van der Waals surface area contributed by atoms with Crippen LogP contribution in [0.3, 0.4) is 0 Å². The Kier molecular flexibility index (Phi) is 10.6. The van der Waals surface area contributed by atoms with Crippen LogP contribution in [-0.2, 0) is 9.53 Å². The van der Waals surface area contributed by atoms with Crippen molar-refractivity contribution in [3.63, 3.8) is 0 Å². The summed E-state index contributed by atoms with van der Waals surface area (Å²) in [6.07, 6.45) is 7.50. The van der Waals surface area contributed by atoms with Gasteiger partial charge in [-0.25, -0.2) is 4.68 Å². The van der Waals surface area contributed by atoms with Crippen LogP contribution in [-0.4, -0.2) is 103 Å². The van der Waals surface area contributed by atoms with Gasteiger partial charge in [0.15, 0.2) is 5.82 Å². The van der Waals surface area contributed by atoms with Gasteiger partial charge >= 0.3 is 0 Å². The second kappa shape index (κ2) is 15.1. The highest BCUT2D eigenvalue weighted by Crippen LogP contribution is 2.36. The van der Waals surface area contributed by atoms with Gasteiger partial charge in [0.05, 0.1) is 50.3 Å². The van der Waals surface area contributed by atoms with Gasteiger partial charge in [-0.2, -0.15) is 0 Å². The van der Waals surface area contributed by atoms with Gasteiger partial charge in [0.2, 0.25) is 5.91 Å². The maximum atomic E-state index is 14.0. The Morgan fingerprint density at radius 1 is 1.02 bits per heavy atom. The number of carbonyl (C=O) groups excluding carboxylic acids is 3. The molecule has 3 N–H and O–H groups in total. The average Bonchev–Trinajstić information content (AvgIpc) is 3.71. The van der Waals surface area contributed by atoms with Crippen LogP contribution in [0, 0.1) is 10.1 Å². The fourth-order valence-corrected chi connectivity index (χ4v) is 7.13. The van der Waals surface area contributed by atoms with Crippen molar-refractivity contribution >= 4 is 72.5 Å². The summed E-state index contributed by atoms with van der Waals surface area (Å²) in [6, 6.07) is 6.34. The number of morpholine rings is 1. The maximum Gasteiger partial charge on any atom is 0.294 e. The zero-order chi connectivity index (χ0) is 36.4. The monoisotopic (exact) mass is 824 g/mol. The zero-order valence-corrected chi connectivity index (χ0v) is 30.9. The molecule has 1 aromatic carbocycles. The number of aromatic nitrogens is 4. The van der Waals surface area contributed by atoms with E-state index in [1.54, 1.807) is 59.6 Å². The fraction of sp³-hybridized carbons (Fsp3) is 0.333. The predicted molar refractivity (Wildman–Crippen MR) is 195 cm³/mol. The number of amides is 3. The third-order valence-electron chi connectivity index (χ3n) is 8.52. The second-order valence-electron chi connectivity index (χ2n) is 12.3. The van der Waals surface area contributed by atoms with E-state index in [1.807, 2.05) is 13.8 Å². The SMILES string of the molecule is CNc1cncc(C(=O)N2C[C@H](Nc3c(C(=O)N4C[C@@H](C)O[C@@H](C)C4)cc(Br)cc3[N+](=O)[O-])C[C@H]2C(=O)Nc2nn(-c3cccnc3)cc2Br)c1. The number of likely N-dealkylation sites (tertiary alicyclic amines) is 1. The first-order valence-corrected chi connectivity index (χ1v) is 17.6. The number of ether oxygens (including phenoxy) is 1. The van der Waals surface area contributed by atoms with Crippen LogP contribution in [0.15, 0.2) is 70.3 Å². The Morgan fingerprint density at radius 2 is 1.78 bits per heavy atom. The molecule has 2 aliphatic heterocycles. The highest BCUT2D eigenvalue weighted by molar-refractivity contribution is 9.10. The molecule has 2 saturated heterocycles. The normalized spacial score (nSPS) is 20.2. The van der Waals surface area contributed by atoms with Crippen molar-refractivity contribution in [3.05, 3.63) is 91.5 Å². The summed E-state index contributed by atoms with van der Waals surface area (Å²) >= 11 is 6.79. The Balaban J connectivity index is 1.33. The van der Waals surface area contributed by atoms with Gasteiger partial charge in [0.1, 0.15) is 11.7 Å². The van der Waals surface area contributed by atoms with E-state index < -0.39 is 34.7 Å². The van der Waals surface area contributed by atoms with Gasteiger partial charge in [0.25, 0.3) is 17.5 Å². The highest BCUT2D eigenvalue weighted by atomic mass is 79.9. The summed E-state index contributed by atoms with van der Waals surface area (Å²) in [7, 11) is 1.70. The minimum Gasteiger partial charge on any atom is -0.387 e. The fourth-order valence-electron chi connectivity index (χ4n) is 6.31. The Bertz CT molecular complexity index is 1970. The van der Waals surface area contributed by atoms with Crippen LogP contribution in [0.4, 0.5) is 22.9 Å². The van der Waals surface area contributed by atoms with Crippen LogP contribution < -0.4 is 16.0 Å². The molecule has 2 fully saturated rings. The number of nitrogens with zero attached hydrogens (tertiary/aromatic N) is 7. The Morgan fingerprint density at radius 3 is 2.47 bits per heavy atom. The van der Waals surface area contributed by atoms with Gasteiger partial charge in [0, 0.05) is 68.1 Å². The summed E-state index contributed by atoms with van der Waals surface area (Å²) in [5.74, 6) is -1.19. The van der Waals surface area contributed by atoms with E-state index in [-0.39, 0.29) is 53.5 Å². The van der Waals surface area contributed by atoms with E-state index in [4.69, 9.17) is 4.74 Å². The van der Waals surface area contributed by atoms with E-state index in [0.29, 0.717) is 33.4 Å². The third kappa shape index (κ3) is 7.87. The standard InChI is InChI=1S/C33H34Br2N10O6/c1-18-14-42(15-19(2)51-18)33(48)25-8-21(34)9-27(45(49)50)29(25)39-23-10-28(43(16-23)32(47)20-7-22(36-3)12-38-11-20)31(46)40-30-26(35)17-44(41-30)24-5-4-6-37-13-24/h4-9,11-13,17-19,23,28,36,39H,10,14-16H2,1-3H3,(H,40,41,46)/t18-,19+,23-,28+/m1/s1. The lowest BCUT2D eigenvalue weighted by Crippen LogP contribution is -2.48. The van der Waals surface area contributed by atoms with Gasteiger partial charge < -0.3 is 30.5 Å². The molecule has 4 aromatic rings. The third-order valence-corrected chi connectivity index (χ3v) is 9.56. The smallest absolute Gasteiger partial charge is 0.294 e. The van der Waals surface area contributed by atoms with Crippen molar-refractivity contribution in [1.29, 1.82) is 0 Å². The number of rotatable bonds is 9. The molecule has 2 aliphatic rings. The molecule has 3 aromatic heterocycles. The van der Waals surface area contributed by atoms with E-state index in [9.17, 15) is 24.5 Å². The summed E-state index contributed by atoms with van der Waals surface area (Å²) in [5.41, 5.74) is 1.25. The van der Waals surface area contributed by atoms with Gasteiger partial charge in [-0.1, -0.05) is 15.9 Å². The number of benzene rings is 1. The van der Waals surface area contributed by atoms with Crippen molar-refractivity contribution in [2.24, 2.45) is 0 Å². The molecule has 51 heavy (non-hydrogen) atoms. The molecule has 5 heterocycles. The number of halogens is 2. The molecule has 3 amide bonds. The number of anilines is 3. The largest absolute Gasteiger partial charge is 0.387 e. The number of hydrogen-bond acceptors (Lipinski definition) is 11.